The second kappa shape index (κ2) is 12.5. The summed E-state index contributed by atoms with van der Waals surface area (Å²) < 4.78 is 0. The van der Waals surface area contributed by atoms with Crippen LogP contribution in [0.1, 0.15) is 84.5 Å². The van der Waals surface area contributed by atoms with Gasteiger partial charge in [-0.25, -0.2) is 0 Å². The van der Waals surface area contributed by atoms with E-state index in [-0.39, 0.29) is 0 Å². The van der Waals surface area contributed by atoms with Crippen LogP contribution in [0.5, 0.6) is 0 Å². The third-order valence-corrected chi connectivity index (χ3v) is 9.13. The first-order valence-corrected chi connectivity index (χ1v) is 13.4. The van der Waals surface area contributed by atoms with Gasteiger partial charge in [0.05, 0.1) is 0 Å². The molecular formula is C23H40Si. The molecule has 1 heteroatoms. The lowest BCUT2D eigenvalue weighted by atomic mass is 10.1. The molecule has 0 fully saturated rings. The highest BCUT2D eigenvalue weighted by Gasteiger charge is 2.27. The summed E-state index contributed by atoms with van der Waals surface area (Å²) in [5, 5.41) is 3.39. The second-order valence-electron chi connectivity index (χ2n) is 7.73. The molecule has 0 heterocycles. The standard InChI is InChI=1S/C23H40Si/c1-5-7-9-11-14-18-22(19-15-12-10-8-6-2)24(3,4)23-20-16-13-17-21-23/h13,16-18,20-21H,5-12,14-15,19H2,1-4H3/b22-18+. The third kappa shape index (κ3) is 7.83. The van der Waals surface area contributed by atoms with Crippen molar-refractivity contribution in [1.29, 1.82) is 0 Å². The molecule has 0 amide bonds. The normalized spacial score (nSPS) is 12.6. The first kappa shape index (κ1) is 21.2. The summed E-state index contributed by atoms with van der Waals surface area (Å²) in [6.45, 7) is 9.69. The highest BCUT2D eigenvalue weighted by atomic mass is 28.3. The Labute approximate surface area is 152 Å². The maximum Gasteiger partial charge on any atom is 0.107 e. The lowest BCUT2D eigenvalue weighted by Gasteiger charge is -2.27. The largest absolute Gasteiger partial charge is 0.107 e. The van der Waals surface area contributed by atoms with E-state index in [2.05, 4.69) is 63.3 Å². The Kier molecular flexibility index (Phi) is 11.1. The van der Waals surface area contributed by atoms with E-state index in [1.54, 1.807) is 10.4 Å². The van der Waals surface area contributed by atoms with Gasteiger partial charge in [-0.2, -0.15) is 0 Å². The van der Waals surface area contributed by atoms with Crippen LogP contribution in [0, 0.1) is 0 Å². The van der Waals surface area contributed by atoms with E-state index in [1.807, 2.05) is 0 Å². The highest BCUT2D eigenvalue weighted by Crippen LogP contribution is 2.23. The summed E-state index contributed by atoms with van der Waals surface area (Å²) in [6.07, 6.45) is 17.7. The summed E-state index contributed by atoms with van der Waals surface area (Å²) in [5.41, 5.74) is 0. The van der Waals surface area contributed by atoms with Crippen LogP contribution < -0.4 is 5.19 Å². The van der Waals surface area contributed by atoms with Gasteiger partial charge in [-0.1, -0.05) is 119 Å². The van der Waals surface area contributed by atoms with Gasteiger partial charge in [0.1, 0.15) is 8.07 Å². The van der Waals surface area contributed by atoms with E-state index in [9.17, 15) is 0 Å². The van der Waals surface area contributed by atoms with Crippen molar-refractivity contribution in [2.24, 2.45) is 0 Å². The number of unbranched alkanes of at least 4 members (excludes halogenated alkanes) is 8. The molecule has 24 heavy (non-hydrogen) atoms. The van der Waals surface area contributed by atoms with Crippen molar-refractivity contribution in [2.75, 3.05) is 0 Å². The Morgan fingerprint density at radius 2 is 1.38 bits per heavy atom. The average Bonchev–Trinajstić information content (AvgIpc) is 2.60. The number of rotatable bonds is 13. The van der Waals surface area contributed by atoms with Gasteiger partial charge >= 0.3 is 0 Å². The molecule has 0 N–H and O–H groups in total. The minimum Gasteiger partial charge on any atom is -0.0888 e. The molecule has 0 saturated carbocycles. The first-order valence-electron chi connectivity index (χ1n) is 10.4. The van der Waals surface area contributed by atoms with Crippen molar-refractivity contribution in [2.45, 2.75) is 97.6 Å². The summed E-state index contributed by atoms with van der Waals surface area (Å²) in [7, 11) is -1.48. The van der Waals surface area contributed by atoms with E-state index in [4.69, 9.17) is 0 Å². The molecule has 0 nitrogen and oxygen atoms in total. The van der Waals surface area contributed by atoms with Crippen molar-refractivity contribution < 1.29 is 0 Å². The van der Waals surface area contributed by atoms with Gasteiger partial charge in [0, 0.05) is 0 Å². The Bertz CT molecular complexity index is 444. The lowest BCUT2D eigenvalue weighted by molar-refractivity contribution is 0.632. The van der Waals surface area contributed by atoms with Crippen LogP contribution in [0.4, 0.5) is 0 Å². The fourth-order valence-corrected chi connectivity index (χ4v) is 6.33. The second-order valence-corrected chi connectivity index (χ2v) is 12.2. The van der Waals surface area contributed by atoms with E-state index < -0.39 is 8.07 Å². The van der Waals surface area contributed by atoms with Gasteiger partial charge in [0.2, 0.25) is 0 Å². The van der Waals surface area contributed by atoms with Crippen LogP contribution in [0.3, 0.4) is 0 Å². The van der Waals surface area contributed by atoms with Crippen molar-refractivity contribution in [1.82, 2.24) is 0 Å². The Morgan fingerprint density at radius 3 is 2.00 bits per heavy atom. The Balaban J connectivity index is 2.69. The zero-order chi connectivity index (χ0) is 17.7. The molecule has 0 aliphatic heterocycles. The van der Waals surface area contributed by atoms with E-state index in [0.29, 0.717) is 0 Å². The van der Waals surface area contributed by atoms with Crippen LogP contribution in [0.2, 0.25) is 13.1 Å². The summed E-state index contributed by atoms with van der Waals surface area (Å²) >= 11 is 0. The number of allylic oxidation sites excluding steroid dienone is 2. The van der Waals surface area contributed by atoms with Crippen molar-refractivity contribution in [3.63, 3.8) is 0 Å². The van der Waals surface area contributed by atoms with Crippen LogP contribution in [-0.4, -0.2) is 8.07 Å². The summed E-state index contributed by atoms with van der Waals surface area (Å²) in [4.78, 5) is 0. The van der Waals surface area contributed by atoms with Gasteiger partial charge in [-0.3, -0.25) is 0 Å². The maximum absolute atomic E-state index is 2.63. The number of hydrogen-bond donors (Lipinski definition) is 0. The molecule has 0 bridgehead atoms. The van der Waals surface area contributed by atoms with Gasteiger partial charge in [-0.15, -0.1) is 0 Å². The molecular weight excluding hydrogens is 304 g/mol. The van der Waals surface area contributed by atoms with Crippen molar-refractivity contribution >= 4 is 13.3 Å². The molecule has 0 aliphatic carbocycles. The molecule has 0 aromatic heterocycles. The van der Waals surface area contributed by atoms with Crippen molar-refractivity contribution in [3.05, 3.63) is 41.6 Å². The highest BCUT2D eigenvalue weighted by molar-refractivity contribution is 6.95. The quantitative estimate of drug-likeness (QED) is 0.258. The minimum atomic E-state index is -1.48. The fraction of sp³-hybridized carbons (Fsp3) is 0.652. The molecule has 0 unspecified atom stereocenters. The SMILES string of the molecule is CCCCCC/C=C(\CCCCCCC)[Si](C)(C)c1ccccc1. The smallest absolute Gasteiger partial charge is 0.0888 e. The molecule has 0 saturated heterocycles. The van der Waals surface area contributed by atoms with Crippen LogP contribution >= 0.6 is 0 Å². The van der Waals surface area contributed by atoms with E-state index in [1.165, 1.54) is 70.6 Å². The maximum atomic E-state index is 2.63. The van der Waals surface area contributed by atoms with Gasteiger partial charge in [0.25, 0.3) is 0 Å². The van der Waals surface area contributed by atoms with E-state index >= 15 is 0 Å². The zero-order valence-corrected chi connectivity index (χ0v) is 17.7. The molecule has 0 radical (unpaired) electrons. The first-order chi connectivity index (χ1) is 11.6. The Hall–Kier alpha value is -0.823. The summed E-state index contributed by atoms with van der Waals surface area (Å²) in [6, 6.07) is 11.3. The minimum absolute atomic E-state index is 1.29. The van der Waals surface area contributed by atoms with Gasteiger partial charge in [0.15, 0.2) is 0 Å². The predicted molar refractivity (Wildman–Crippen MR) is 114 cm³/mol. The van der Waals surface area contributed by atoms with Crippen LogP contribution in [0.25, 0.3) is 0 Å². The topological polar surface area (TPSA) is 0 Å². The third-order valence-electron chi connectivity index (χ3n) is 5.30. The average molecular weight is 345 g/mol. The monoisotopic (exact) mass is 344 g/mol. The van der Waals surface area contributed by atoms with Crippen LogP contribution in [0.15, 0.2) is 41.6 Å². The predicted octanol–water partition coefficient (Wildman–Crippen LogP) is 7.40. The zero-order valence-electron chi connectivity index (χ0n) is 16.7. The molecule has 0 spiro atoms. The molecule has 1 aromatic carbocycles. The Morgan fingerprint density at radius 1 is 0.792 bits per heavy atom. The molecule has 136 valence electrons. The number of hydrogen-bond acceptors (Lipinski definition) is 0. The van der Waals surface area contributed by atoms with Crippen molar-refractivity contribution in [3.8, 4) is 0 Å². The fourth-order valence-electron chi connectivity index (χ4n) is 3.48. The van der Waals surface area contributed by atoms with Gasteiger partial charge < -0.3 is 0 Å². The molecule has 1 aromatic rings. The summed E-state index contributed by atoms with van der Waals surface area (Å²) in [5.74, 6) is 0. The van der Waals surface area contributed by atoms with Gasteiger partial charge in [-0.05, 0) is 25.7 Å². The molecule has 0 atom stereocenters. The van der Waals surface area contributed by atoms with E-state index in [0.717, 1.165) is 0 Å². The number of benzene rings is 1. The molecule has 0 aliphatic rings. The molecule has 1 rings (SSSR count). The lowest BCUT2D eigenvalue weighted by Crippen LogP contribution is -2.43. The van der Waals surface area contributed by atoms with Crippen LogP contribution in [-0.2, 0) is 0 Å².